The molecule has 0 aliphatic carbocycles. The second kappa shape index (κ2) is 10.2. The molecule has 2 amide bonds. The Kier molecular flexibility index (Phi) is 6.84. The van der Waals surface area contributed by atoms with Crippen LogP contribution in [0.3, 0.4) is 0 Å². The summed E-state index contributed by atoms with van der Waals surface area (Å²) >= 11 is 4.91. The lowest BCUT2D eigenvalue weighted by Gasteiger charge is -2.29. The Morgan fingerprint density at radius 3 is 2.94 bits per heavy atom. The van der Waals surface area contributed by atoms with Gasteiger partial charge in [0.05, 0.1) is 25.0 Å². The molecule has 0 saturated heterocycles. The van der Waals surface area contributed by atoms with Gasteiger partial charge in [-0.05, 0) is 55.3 Å². The molecule has 1 aromatic carbocycles. The highest BCUT2D eigenvalue weighted by Gasteiger charge is 2.35. The van der Waals surface area contributed by atoms with Gasteiger partial charge < -0.3 is 29.4 Å². The summed E-state index contributed by atoms with van der Waals surface area (Å²) in [5.74, 6) is 0.0394. The Labute approximate surface area is 219 Å². The first-order valence-electron chi connectivity index (χ1n) is 11.3. The number of amides is 2. The first-order chi connectivity index (χ1) is 17.4. The van der Waals surface area contributed by atoms with E-state index in [2.05, 4.69) is 26.6 Å². The van der Waals surface area contributed by atoms with Crippen molar-refractivity contribution in [2.45, 2.75) is 26.1 Å². The van der Waals surface area contributed by atoms with Gasteiger partial charge in [-0.1, -0.05) is 15.9 Å². The number of nitrogens with one attached hydrogen (secondary N) is 2. The van der Waals surface area contributed by atoms with E-state index in [-0.39, 0.29) is 12.0 Å². The molecule has 5 rings (SSSR count). The molecule has 2 aliphatic rings. The summed E-state index contributed by atoms with van der Waals surface area (Å²) in [5, 5.41) is 7.07. The van der Waals surface area contributed by atoms with E-state index in [0.29, 0.717) is 48.8 Å². The summed E-state index contributed by atoms with van der Waals surface area (Å²) in [7, 11) is 0. The number of hydrogen-bond acceptors (Lipinski definition) is 8. The molecule has 0 unspecified atom stereocenters. The van der Waals surface area contributed by atoms with Crippen LogP contribution < -0.4 is 15.4 Å². The first kappa shape index (κ1) is 24.1. The normalized spacial score (nSPS) is 16.7. The number of carbonyl (C=O) groups is 3. The number of fused-ring (bicyclic) bond motifs is 3. The molecule has 9 nitrogen and oxygen atoms in total. The third-order valence-electron chi connectivity index (χ3n) is 5.78. The zero-order valence-corrected chi connectivity index (χ0v) is 21.6. The van der Waals surface area contributed by atoms with Crippen molar-refractivity contribution < 1.29 is 28.3 Å². The highest BCUT2D eigenvalue weighted by Crippen LogP contribution is 2.42. The van der Waals surface area contributed by atoms with Crippen molar-refractivity contribution in [3.8, 4) is 5.75 Å². The quantitative estimate of drug-likeness (QED) is 0.249. The van der Waals surface area contributed by atoms with Crippen LogP contribution in [-0.4, -0.2) is 36.0 Å². The number of anilines is 1. The molecule has 4 heterocycles. The maximum absolute atomic E-state index is 13.2. The minimum absolute atomic E-state index is 0.217. The van der Waals surface area contributed by atoms with E-state index in [9.17, 15) is 14.4 Å². The molecule has 0 saturated carbocycles. The molecule has 2 N–H and O–H groups in total. The summed E-state index contributed by atoms with van der Waals surface area (Å²) in [6, 6.07) is 8.66. The number of thiophene rings is 1. The average Bonchev–Trinajstić information content (AvgIpc) is 3.51. The minimum atomic E-state index is -0.624. The molecule has 11 heteroatoms. The molecule has 0 radical (unpaired) electrons. The van der Waals surface area contributed by atoms with Crippen LogP contribution in [0.1, 0.15) is 45.2 Å². The van der Waals surface area contributed by atoms with E-state index in [1.165, 1.54) is 29.8 Å². The van der Waals surface area contributed by atoms with Crippen molar-refractivity contribution in [2.75, 3.05) is 18.5 Å². The SMILES string of the molecule is CCOC(=O)N1CCc2c(sc3c2C(=O)N[C@H](c2cc(Br)ccc2OC(=O)/C=C/c2ccco2)N3)C1. The molecular weight excluding hydrogens is 550 g/mol. The standard InChI is InChI=1S/C25H22BrN3O6S/c1-2-33-25(32)29-10-9-16-19(13-29)36-24-21(16)23(31)27-22(28-24)17-12-14(26)5-7-18(17)35-20(30)8-6-15-4-3-11-34-15/h3-8,11-12,22,28H,2,9-10,13H2,1H3,(H,27,31)/b8-6+/t22-/m0/s1. The highest BCUT2D eigenvalue weighted by molar-refractivity contribution is 9.10. The van der Waals surface area contributed by atoms with Gasteiger partial charge in [-0.2, -0.15) is 0 Å². The lowest BCUT2D eigenvalue weighted by Crippen LogP contribution is -2.39. The molecular formula is C25H22BrN3O6S. The Morgan fingerprint density at radius 1 is 1.31 bits per heavy atom. The first-order valence-corrected chi connectivity index (χ1v) is 12.9. The monoisotopic (exact) mass is 571 g/mol. The average molecular weight is 572 g/mol. The number of furan rings is 1. The van der Waals surface area contributed by atoms with Crippen LogP contribution in [-0.2, 0) is 22.5 Å². The summed E-state index contributed by atoms with van der Waals surface area (Å²) in [6.07, 6.45) is 3.90. The van der Waals surface area contributed by atoms with E-state index in [1.54, 1.807) is 42.2 Å². The second-order valence-corrected chi connectivity index (χ2v) is 10.1. The maximum Gasteiger partial charge on any atom is 0.410 e. The van der Waals surface area contributed by atoms with Gasteiger partial charge in [-0.25, -0.2) is 9.59 Å². The Hall–Kier alpha value is -3.57. The number of rotatable bonds is 5. The lowest BCUT2D eigenvalue weighted by atomic mass is 10.0. The van der Waals surface area contributed by atoms with Crippen LogP contribution in [0.15, 0.2) is 51.6 Å². The van der Waals surface area contributed by atoms with Crippen LogP contribution in [0.2, 0.25) is 0 Å². The van der Waals surface area contributed by atoms with E-state index in [1.807, 2.05) is 0 Å². The van der Waals surface area contributed by atoms with E-state index < -0.39 is 12.1 Å². The zero-order chi connectivity index (χ0) is 25.2. The van der Waals surface area contributed by atoms with Gasteiger partial charge in [0.2, 0.25) is 0 Å². The molecule has 36 heavy (non-hydrogen) atoms. The number of nitrogens with zero attached hydrogens (tertiary/aromatic N) is 1. The third-order valence-corrected chi connectivity index (χ3v) is 7.42. The number of halogens is 1. The van der Waals surface area contributed by atoms with Crippen molar-refractivity contribution in [1.29, 1.82) is 0 Å². The number of carbonyl (C=O) groups excluding carboxylic acids is 3. The molecule has 2 aromatic heterocycles. The smallest absolute Gasteiger partial charge is 0.410 e. The highest BCUT2D eigenvalue weighted by atomic mass is 79.9. The summed E-state index contributed by atoms with van der Waals surface area (Å²) < 4.78 is 16.7. The second-order valence-electron chi connectivity index (χ2n) is 8.08. The van der Waals surface area contributed by atoms with Gasteiger partial charge in [0.25, 0.3) is 5.91 Å². The van der Waals surface area contributed by atoms with Gasteiger partial charge in [-0.15, -0.1) is 11.3 Å². The summed E-state index contributed by atoms with van der Waals surface area (Å²) in [6.45, 7) is 2.97. The van der Waals surface area contributed by atoms with E-state index >= 15 is 0 Å². The summed E-state index contributed by atoms with van der Waals surface area (Å²) in [5.41, 5.74) is 2.13. The molecule has 0 spiro atoms. The largest absolute Gasteiger partial charge is 0.465 e. The van der Waals surface area contributed by atoms with E-state index in [0.717, 1.165) is 19.9 Å². The zero-order valence-electron chi connectivity index (χ0n) is 19.2. The van der Waals surface area contributed by atoms with E-state index in [4.69, 9.17) is 13.9 Å². The predicted octanol–water partition coefficient (Wildman–Crippen LogP) is 5.09. The number of esters is 1. The summed E-state index contributed by atoms with van der Waals surface area (Å²) in [4.78, 5) is 40.4. The fourth-order valence-corrected chi connectivity index (χ4v) is 5.83. The van der Waals surface area contributed by atoms with Crippen molar-refractivity contribution >= 4 is 56.3 Å². The Bertz CT molecular complexity index is 1350. The lowest BCUT2D eigenvalue weighted by molar-refractivity contribution is -0.128. The molecule has 1 atom stereocenters. The Morgan fingerprint density at radius 2 is 2.17 bits per heavy atom. The van der Waals surface area contributed by atoms with Gasteiger partial charge in [0.1, 0.15) is 22.7 Å². The maximum atomic E-state index is 13.2. The number of hydrogen-bond donors (Lipinski definition) is 2. The van der Waals surface area contributed by atoms with Crippen molar-refractivity contribution in [2.24, 2.45) is 0 Å². The van der Waals surface area contributed by atoms with Crippen molar-refractivity contribution in [1.82, 2.24) is 10.2 Å². The molecule has 0 bridgehead atoms. The van der Waals surface area contributed by atoms with Crippen LogP contribution in [0.4, 0.5) is 9.80 Å². The number of ether oxygens (including phenoxy) is 2. The van der Waals surface area contributed by atoms with Gasteiger partial charge >= 0.3 is 12.1 Å². The predicted molar refractivity (Wildman–Crippen MR) is 137 cm³/mol. The molecule has 0 fully saturated rings. The molecule has 3 aromatic rings. The fraction of sp³-hybridized carbons (Fsp3) is 0.240. The molecule has 2 aliphatic heterocycles. The van der Waals surface area contributed by atoms with Crippen molar-refractivity contribution in [3.63, 3.8) is 0 Å². The third kappa shape index (κ3) is 4.89. The van der Waals surface area contributed by atoms with Gasteiger partial charge in [-0.3, -0.25) is 4.79 Å². The topological polar surface area (TPSA) is 110 Å². The van der Waals surface area contributed by atoms with Crippen LogP contribution in [0.25, 0.3) is 6.08 Å². The van der Waals surface area contributed by atoms with Gasteiger partial charge in [0, 0.05) is 27.5 Å². The van der Waals surface area contributed by atoms with Gasteiger partial charge in [0.15, 0.2) is 0 Å². The van der Waals surface area contributed by atoms with Crippen LogP contribution in [0, 0.1) is 0 Å². The minimum Gasteiger partial charge on any atom is -0.465 e. The van der Waals surface area contributed by atoms with Crippen LogP contribution >= 0.6 is 27.3 Å². The Balaban J connectivity index is 1.37. The molecule has 186 valence electrons. The fourth-order valence-electron chi connectivity index (χ4n) is 4.16. The number of benzene rings is 1. The van der Waals surface area contributed by atoms with Crippen molar-refractivity contribution in [3.05, 3.63) is 74.5 Å². The van der Waals surface area contributed by atoms with Crippen LogP contribution in [0.5, 0.6) is 5.75 Å².